The normalized spacial score (nSPS) is 14.8. The summed E-state index contributed by atoms with van der Waals surface area (Å²) in [6, 6.07) is 16.3. The number of fused-ring (bicyclic) bond motifs is 1. The molecule has 4 rings (SSSR count). The fraction of sp³-hybridized carbons (Fsp3) is 0.217. The number of hydrogen-bond acceptors (Lipinski definition) is 6. The quantitative estimate of drug-likeness (QED) is 0.531. The number of aromatic nitrogens is 2. The molecule has 0 fully saturated rings. The molecule has 0 aliphatic carbocycles. The topological polar surface area (TPSA) is 111 Å². The predicted octanol–water partition coefficient (Wildman–Crippen LogP) is 1.33. The maximum atomic E-state index is 13.1. The zero-order valence-electron chi connectivity index (χ0n) is 18.0. The Morgan fingerprint density at radius 2 is 1.82 bits per heavy atom. The van der Waals surface area contributed by atoms with Gasteiger partial charge in [-0.1, -0.05) is 54.2 Å². The van der Waals surface area contributed by atoms with E-state index in [0.29, 0.717) is 5.75 Å². The average Bonchev–Trinajstić information content (AvgIpc) is 2.84. The SMILES string of the molecule is COc1cccc(CNC(=O)C2Sc3c(n(C)c(=O)n(Cc4ccccc4)c3=O)NC2=O)c1. The third-order valence-corrected chi connectivity index (χ3v) is 6.51. The number of hydrogen-bond donors (Lipinski definition) is 2. The zero-order valence-corrected chi connectivity index (χ0v) is 18.8. The van der Waals surface area contributed by atoms with Crippen molar-refractivity contribution in [2.24, 2.45) is 7.05 Å². The Hall–Kier alpha value is -3.79. The molecule has 1 unspecified atom stereocenters. The second-order valence-corrected chi connectivity index (χ2v) is 8.57. The highest BCUT2D eigenvalue weighted by atomic mass is 32.2. The number of methoxy groups -OCH3 is 1. The van der Waals surface area contributed by atoms with Crippen LogP contribution in [0.1, 0.15) is 11.1 Å². The van der Waals surface area contributed by atoms with Crippen LogP contribution in [0.2, 0.25) is 0 Å². The van der Waals surface area contributed by atoms with Gasteiger partial charge >= 0.3 is 5.69 Å². The van der Waals surface area contributed by atoms with Gasteiger partial charge in [0.05, 0.1) is 13.7 Å². The van der Waals surface area contributed by atoms with Gasteiger partial charge in [-0.2, -0.15) is 0 Å². The second kappa shape index (κ2) is 9.37. The van der Waals surface area contributed by atoms with Crippen molar-refractivity contribution in [3.8, 4) is 5.75 Å². The van der Waals surface area contributed by atoms with Gasteiger partial charge in [0, 0.05) is 13.6 Å². The van der Waals surface area contributed by atoms with Gasteiger partial charge in [-0.05, 0) is 23.3 Å². The minimum Gasteiger partial charge on any atom is -0.497 e. The Bertz CT molecular complexity index is 1330. The smallest absolute Gasteiger partial charge is 0.332 e. The van der Waals surface area contributed by atoms with Crippen molar-refractivity contribution in [2.75, 3.05) is 12.4 Å². The average molecular weight is 467 g/mol. The molecule has 0 radical (unpaired) electrons. The molecular formula is C23H22N4O5S. The van der Waals surface area contributed by atoms with Crippen LogP contribution in [0.4, 0.5) is 5.82 Å². The molecular weight excluding hydrogens is 444 g/mol. The standard InChI is InChI=1S/C23H22N4O5S/c1-26-19-17(22(30)27(23(26)31)13-14-7-4-3-5-8-14)33-18(21(29)25-19)20(28)24-12-15-9-6-10-16(11-15)32-2/h3-11,18H,12-13H2,1-2H3,(H,24,28)(H,25,29). The number of ether oxygens (including phenoxy) is 1. The molecule has 0 bridgehead atoms. The fourth-order valence-electron chi connectivity index (χ4n) is 3.48. The Kier molecular flexibility index (Phi) is 6.36. The Morgan fingerprint density at radius 1 is 1.09 bits per heavy atom. The lowest BCUT2D eigenvalue weighted by molar-refractivity contribution is -0.126. The van der Waals surface area contributed by atoms with Gasteiger partial charge < -0.3 is 15.4 Å². The van der Waals surface area contributed by atoms with Crippen LogP contribution in [0.5, 0.6) is 5.75 Å². The minimum absolute atomic E-state index is 0.0842. The van der Waals surface area contributed by atoms with Gasteiger partial charge in [0.1, 0.15) is 16.5 Å². The summed E-state index contributed by atoms with van der Waals surface area (Å²) < 4.78 is 7.49. The van der Waals surface area contributed by atoms with Crippen molar-refractivity contribution >= 4 is 29.4 Å². The van der Waals surface area contributed by atoms with Gasteiger partial charge in [-0.15, -0.1) is 0 Å². The van der Waals surface area contributed by atoms with Gasteiger partial charge in [0.15, 0.2) is 5.25 Å². The molecule has 0 saturated carbocycles. The number of anilines is 1. The number of nitrogens with one attached hydrogen (secondary N) is 2. The molecule has 2 N–H and O–H groups in total. The summed E-state index contributed by atoms with van der Waals surface area (Å²) in [6.45, 7) is 0.277. The maximum absolute atomic E-state index is 13.1. The van der Waals surface area contributed by atoms with Gasteiger partial charge in [-0.25, -0.2) is 4.79 Å². The molecule has 10 heteroatoms. The third kappa shape index (κ3) is 4.56. The van der Waals surface area contributed by atoms with E-state index in [2.05, 4.69) is 10.6 Å². The number of carbonyl (C=O) groups is 2. The summed E-state index contributed by atoms with van der Waals surface area (Å²) in [7, 11) is 3.03. The predicted molar refractivity (Wildman–Crippen MR) is 125 cm³/mol. The van der Waals surface area contributed by atoms with Crippen molar-refractivity contribution in [3.63, 3.8) is 0 Å². The molecule has 0 spiro atoms. The van der Waals surface area contributed by atoms with Gasteiger partial charge in [0.2, 0.25) is 11.8 Å². The number of thioether (sulfide) groups is 1. The van der Waals surface area contributed by atoms with E-state index in [1.165, 1.54) is 11.6 Å². The van der Waals surface area contributed by atoms with Gasteiger partial charge in [0.25, 0.3) is 5.56 Å². The van der Waals surface area contributed by atoms with Crippen molar-refractivity contribution in [1.82, 2.24) is 14.5 Å². The van der Waals surface area contributed by atoms with Crippen molar-refractivity contribution in [3.05, 3.63) is 86.6 Å². The molecule has 9 nitrogen and oxygen atoms in total. The van der Waals surface area contributed by atoms with E-state index in [1.54, 1.807) is 25.3 Å². The monoisotopic (exact) mass is 466 g/mol. The number of nitrogens with zero attached hydrogens (tertiary/aromatic N) is 2. The number of benzene rings is 2. The van der Waals surface area contributed by atoms with Crippen molar-refractivity contribution in [1.29, 1.82) is 0 Å². The summed E-state index contributed by atoms with van der Waals surface area (Å²) in [5.41, 5.74) is 0.489. The maximum Gasteiger partial charge on any atom is 0.332 e. The highest BCUT2D eigenvalue weighted by Gasteiger charge is 2.36. The molecule has 170 valence electrons. The first-order chi connectivity index (χ1) is 15.9. The minimum atomic E-state index is -1.17. The van der Waals surface area contributed by atoms with Crippen LogP contribution < -0.4 is 26.6 Å². The first-order valence-electron chi connectivity index (χ1n) is 10.1. The number of rotatable bonds is 6. The largest absolute Gasteiger partial charge is 0.497 e. The van der Waals surface area contributed by atoms with Gasteiger partial charge in [-0.3, -0.25) is 23.5 Å². The molecule has 0 saturated heterocycles. The summed E-state index contributed by atoms with van der Waals surface area (Å²) in [5.74, 6) is -0.374. The molecule has 3 aromatic rings. The fourth-order valence-corrected chi connectivity index (χ4v) is 4.59. The molecule has 1 aromatic heterocycles. The Balaban J connectivity index is 1.59. The van der Waals surface area contributed by atoms with Crippen LogP contribution in [-0.4, -0.2) is 33.3 Å². The van der Waals surface area contributed by atoms with Crippen molar-refractivity contribution < 1.29 is 14.3 Å². The first-order valence-corrected chi connectivity index (χ1v) is 11.0. The summed E-state index contributed by atoms with van der Waals surface area (Å²) >= 11 is 0.848. The Morgan fingerprint density at radius 3 is 2.55 bits per heavy atom. The first kappa shape index (κ1) is 22.4. The van der Waals surface area contributed by atoms with Crippen LogP contribution in [0, 0.1) is 0 Å². The van der Waals surface area contributed by atoms with Crippen LogP contribution in [0.25, 0.3) is 0 Å². The van der Waals surface area contributed by atoms with Crippen LogP contribution in [0.15, 0.2) is 69.1 Å². The highest BCUT2D eigenvalue weighted by molar-refractivity contribution is 8.01. The van der Waals surface area contributed by atoms with Crippen molar-refractivity contribution in [2.45, 2.75) is 23.2 Å². The summed E-state index contributed by atoms with van der Waals surface area (Å²) in [5, 5.41) is 4.12. The number of carbonyl (C=O) groups excluding carboxylic acids is 2. The molecule has 33 heavy (non-hydrogen) atoms. The summed E-state index contributed by atoms with van der Waals surface area (Å²) in [4.78, 5) is 51.5. The molecule has 1 aliphatic rings. The van der Waals surface area contributed by atoms with E-state index in [4.69, 9.17) is 4.74 Å². The molecule has 2 amide bonds. The van der Waals surface area contributed by atoms with E-state index in [9.17, 15) is 19.2 Å². The van der Waals surface area contributed by atoms with E-state index in [-0.39, 0.29) is 23.8 Å². The Labute approximate surface area is 193 Å². The molecule has 1 atom stereocenters. The molecule has 1 aliphatic heterocycles. The zero-order chi connectivity index (χ0) is 23.5. The summed E-state index contributed by atoms with van der Waals surface area (Å²) in [6.07, 6.45) is 0. The van der Waals surface area contributed by atoms with Crippen LogP contribution >= 0.6 is 11.8 Å². The lowest BCUT2D eigenvalue weighted by atomic mass is 10.2. The lowest BCUT2D eigenvalue weighted by Crippen LogP contribution is -2.48. The van der Waals surface area contributed by atoms with Crippen LogP contribution in [0.3, 0.4) is 0 Å². The molecule has 2 aromatic carbocycles. The van der Waals surface area contributed by atoms with E-state index >= 15 is 0 Å². The van der Waals surface area contributed by atoms with E-state index < -0.39 is 28.3 Å². The van der Waals surface area contributed by atoms with E-state index in [0.717, 1.165) is 27.5 Å². The second-order valence-electron chi connectivity index (χ2n) is 7.45. The van der Waals surface area contributed by atoms with Crippen LogP contribution in [-0.2, 0) is 29.7 Å². The number of amides is 2. The van der Waals surface area contributed by atoms with E-state index in [1.807, 2.05) is 36.4 Å². The highest BCUT2D eigenvalue weighted by Crippen LogP contribution is 2.32. The molecule has 2 heterocycles. The lowest BCUT2D eigenvalue weighted by Gasteiger charge is -2.25. The third-order valence-electron chi connectivity index (χ3n) is 5.25.